The van der Waals surface area contributed by atoms with E-state index >= 15 is 0 Å². The van der Waals surface area contributed by atoms with E-state index in [1.54, 1.807) is 16.7 Å². The summed E-state index contributed by atoms with van der Waals surface area (Å²) in [6.07, 6.45) is 2.63. The molecule has 0 bridgehead atoms. The van der Waals surface area contributed by atoms with E-state index in [1.165, 1.54) is 0 Å². The monoisotopic (exact) mass is 254 g/mol. The van der Waals surface area contributed by atoms with E-state index in [-0.39, 0.29) is 23.7 Å². The predicted octanol–water partition coefficient (Wildman–Crippen LogP) is 1.60. The van der Waals surface area contributed by atoms with Crippen LogP contribution >= 0.6 is 24.2 Å². The second-order valence-corrected chi connectivity index (χ2v) is 5.35. The van der Waals surface area contributed by atoms with Crippen LogP contribution < -0.4 is 5.73 Å². The molecule has 2 N–H and O–H groups in total. The van der Waals surface area contributed by atoms with Crippen LogP contribution in [0.1, 0.15) is 20.3 Å². The molecule has 0 aliphatic rings. The van der Waals surface area contributed by atoms with Crippen LogP contribution in [0.25, 0.3) is 0 Å². The summed E-state index contributed by atoms with van der Waals surface area (Å²) in [7, 11) is 1.85. The Labute approximate surface area is 104 Å². The highest BCUT2D eigenvalue weighted by molar-refractivity contribution is 7.98. The Bertz CT molecular complexity index is 188. The van der Waals surface area contributed by atoms with Gasteiger partial charge in [-0.3, -0.25) is 4.79 Å². The van der Waals surface area contributed by atoms with Gasteiger partial charge in [-0.05, 0) is 18.2 Å². The minimum absolute atomic E-state index is 0. The highest BCUT2D eigenvalue weighted by atomic mass is 35.5. The van der Waals surface area contributed by atoms with Crippen LogP contribution in [0, 0.1) is 5.41 Å². The number of rotatable bonds is 6. The lowest BCUT2D eigenvalue weighted by atomic mass is 9.93. The van der Waals surface area contributed by atoms with Gasteiger partial charge in [0.15, 0.2) is 0 Å². The Morgan fingerprint density at radius 3 is 2.40 bits per heavy atom. The van der Waals surface area contributed by atoms with Gasteiger partial charge in [-0.25, -0.2) is 0 Å². The second-order valence-electron chi connectivity index (χ2n) is 4.36. The summed E-state index contributed by atoms with van der Waals surface area (Å²) in [5.41, 5.74) is 5.63. The molecule has 0 fully saturated rings. The molecule has 0 aliphatic heterocycles. The summed E-state index contributed by atoms with van der Waals surface area (Å²) in [6.45, 7) is 5.49. The van der Waals surface area contributed by atoms with Crippen molar-refractivity contribution >= 4 is 30.1 Å². The zero-order valence-electron chi connectivity index (χ0n) is 10.1. The molecule has 0 radical (unpaired) electrons. The summed E-state index contributed by atoms with van der Waals surface area (Å²) in [5, 5.41) is 0. The fraction of sp³-hybridized carbons (Fsp3) is 0.900. The van der Waals surface area contributed by atoms with Crippen molar-refractivity contribution in [3.8, 4) is 0 Å². The minimum Gasteiger partial charge on any atom is -0.345 e. The van der Waals surface area contributed by atoms with E-state index in [2.05, 4.69) is 13.8 Å². The molecule has 0 aliphatic carbocycles. The summed E-state index contributed by atoms with van der Waals surface area (Å²) < 4.78 is 0. The molecule has 1 amide bonds. The third-order valence-electron chi connectivity index (χ3n) is 2.16. The summed E-state index contributed by atoms with van der Waals surface area (Å²) in [4.78, 5) is 13.3. The molecule has 0 saturated heterocycles. The molecule has 0 saturated carbocycles. The van der Waals surface area contributed by atoms with Crippen molar-refractivity contribution in [2.24, 2.45) is 11.1 Å². The second kappa shape index (κ2) is 8.25. The number of carbonyl (C=O) groups excluding carboxylic acids is 1. The standard InChI is InChI=1S/C10H22N2OS.ClH/c1-10(2,7-11)8-12(3)9(13)5-6-14-4;/h5-8,11H2,1-4H3;1H. The zero-order chi connectivity index (χ0) is 11.2. The molecule has 0 aromatic carbocycles. The minimum atomic E-state index is 0. The van der Waals surface area contributed by atoms with Crippen LogP contribution in [0.15, 0.2) is 0 Å². The molecule has 0 unspecified atom stereocenters. The topological polar surface area (TPSA) is 46.3 Å². The Morgan fingerprint density at radius 1 is 1.47 bits per heavy atom. The number of thioether (sulfide) groups is 1. The predicted molar refractivity (Wildman–Crippen MR) is 70.7 cm³/mol. The molecular formula is C10H23ClN2OS. The number of carbonyl (C=O) groups is 1. The first-order chi connectivity index (χ1) is 6.43. The van der Waals surface area contributed by atoms with Crippen molar-refractivity contribution in [3.05, 3.63) is 0 Å². The van der Waals surface area contributed by atoms with Crippen molar-refractivity contribution in [1.82, 2.24) is 4.90 Å². The van der Waals surface area contributed by atoms with E-state index in [1.807, 2.05) is 13.3 Å². The van der Waals surface area contributed by atoms with Gasteiger partial charge in [0.05, 0.1) is 0 Å². The fourth-order valence-electron chi connectivity index (χ4n) is 1.18. The van der Waals surface area contributed by atoms with Crippen molar-refractivity contribution < 1.29 is 4.79 Å². The van der Waals surface area contributed by atoms with Crippen molar-refractivity contribution in [1.29, 1.82) is 0 Å². The lowest BCUT2D eigenvalue weighted by Crippen LogP contribution is -2.39. The number of amides is 1. The molecule has 0 rings (SSSR count). The molecule has 0 atom stereocenters. The number of hydrogen-bond acceptors (Lipinski definition) is 3. The molecule has 5 heteroatoms. The van der Waals surface area contributed by atoms with E-state index in [0.29, 0.717) is 13.0 Å². The lowest BCUT2D eigenvalue weighted by Gasteiger charge is -2.29. The van der Waals surface area contributed by atoms with Gasteiger partial charge in [0.25, 0.3) is 0 Å². The van der Waals surface area contributed by atoms with E-state index in [4.69, 9.17) is 5.73 Å². The maximum absolute atomic E-state index is 11.6. The number of nitrogens with two attached hydrogens (primary N) is 1. The summed E-state index contributed by atoms with van der Waals surface area (Å²) in [5.74, 6) is 1.10. The Morgan fingerprint density at radius 2 is 2.00 bits per heavy atom. The molecule has 0 aromatic heterocycles. The Hall–Kier alpha value is 0.0700. The number of nitrogens with zero attached hydrogens (tertiary/aromatic N) is 1. The highest BCUT2D eigenvalue weighted by Gasteiger charge is 2.20. The molecule has 3 nitrogen and oxygen atoms in total. The first-order valence-electron chi connectivity index (χ1n) is 4.86. The fourth-order valence-corrected chi connectivity index (χ4v) is 1.55. The van der Waals surface area contributed by atoms with Gasteiger partial charge < -0.3 is 10.6 Å². The van der Waals surface area contributed by atoms with Crippen LogP contribution in [-0.4, -0.2) is 43.0 Å². The first-order valence-corrected chi connectivity index (χ1v) is 6.25. The molecular weight excluding hydrogens is 232 g/mol. The van der Waals surface area contributed by atoms with Gasteiger partial charge in [0, 0.05) is 25.8 Å². The van der Waals surface area contributed by atoms with Gasteiger partial charge in [0.1, 0.15) is 0 Å². The largest absolute Gasteiger partial charge is 0.345 e. The van der Waals surface area contributed by atoms with Crippen molar-refractivity contribution in [2.75, 3.05) is 32.1 Å². The Kier molecular flexibility index (Phi) is 9.60. The average Bonchev–Trinajstić information content (AvgIpc) is 2.13. The van der Waals surface area contributed by atoms with Crippen LogP contribution in [0.5, 0.6) is 0 Å². The van der Waals surface area contributed by atoms with E-state index in [0.717, 1.165) is 12.3 Å². The lowest BCUT2D eigenvalue weighted by molar-refractivity contribution is -0.130. The van der Waals surface area contributed by atoms with Crippen LogP contribution in [0.4, 0.5) is 0 Å². The van der Waals surface area contributed by atoms with Gasteiger partial charge in [-0.2, -0.15) is 11.8 Å². The quantitative estimate of drug-likeness (QED) is 0.783. The first kappa shape index (κ1) is 17.5. The maximum atomic E-state index is 11.6. The summed E-state index contributed by atoms with van der Waals surface area (Å²) >= 11 is 1.70. The zero-order valence-corrected chi connectivity index (χ0v) is 11.7. The van der Waals surface area contributed by atoms with Crippen LogP contribution in [0.3, 0.4) is 0 Å². The smallest absolute Gasteiger partial charge is 0.223 e. The van der Waals surface area contributed by atoms with Crippen molar-refractivity contribution in [3.63, 3.8) is 0 Å². The third-order valence-corrected chi connectivity index (χ3v) is 2.78. The molecule has 0 spiro atoms. The normalized spacial score (nSPS) is 10.7. The number of hydrogen-bond donors (Lipinski definition) is 1. The van der Waals surface area contributed by atoms with E-state index in [9.17, 15) is 4.79 Å². The average molecular weight is 255 g/mol. The summed E-state index contributed by atoms with van der Waals surface area (Å²) in [6, 6.07) is 0. The van der Waals surface area contributed by atoms with Crippen molar-refractivity contribution in [2.45, 2.75) is 20.3 Å². The van der Waals surface area contributed by atoms with Crippen LogP contribution in [-0.2, 0) is 4.79 Å². The molecule has 92 valence electrons. The van der Waals surface area contributed by atoms with E-state index < -0.39 is 0 Å². The maximum Gasteiger partial charge on any atom is 0.223 e. The van der Waals surface area contributed by atoms with Gasteiger partial charge in [-0.15, -0.1) is 12.4 Å². The Balaban J connectivity index is 0. The van der Waals surface area contributed by atoms with Gasteiger partial charge in [0.2, 0.25) is 5.91 Å². The SMILES string of the molecule is CSCCC(=O)N(C)CC(C)(C)CN.Cl. The molecule has 0 aromatic rings. The third kappa shape index (κ3) is 7.94. The molecule has 15 heavy (non-hydrogen) atoms. The van der Waals surface area contributed by atoms with Gasteiger partial charge >= 0.3 is 0 Å². The number of halogens is 1. The molecule has 0 heterocycles. The highest BCUT2D eigenvalue weighted by Crippen LogP contribution is 2.14. The van der Waals surface area contributed by atoms with Gasteiger partial charge in [-0.1, -0.05) is 13.8 Å². The van der Waals surface area contributed by atoms with Crippen LogP contribution in [0.2, 0.25) is 0 Å².